The van der Waals surface area contributed by atoms with Crippen molar-refractivity contribution in [2.75, 3.05) is 26.7 Å². The van der Waals surface area contributed by atoms with Crippen molar-refractivity contribution in [2.24, 2.45) is 0 Å². The van der Waals surface area contributed by atoms with E-state index in [1.807, 2.05) is 6.07 Å². The minimum atomic E-state index is 0.567. The molecular weight excluding hydrogens is 292 g/mol. The molecular formula is C14H21BrN2O. The number of nitrogens with zero attached hydrogens (tertiary/aromatic N) is 1. The number of nitrogens with one attached hydrogen (secondary N) is 1. The van der Waals surface area contributed by atoms with Crippen LogP contribution in [0.2, 0.25) is 0 Å². The Bertz CT molecular complexity index is 397. The predicted molar refractivity (Wildman–Crippen MR) is 78.1 cm³/mol. The summed E-state index contributed by atoms with van der Waals surface area (Å²) in [5.74, 6) is 0.925. The molecule has 1 fully saturated rings. The van der Waals surface area contributed by atoms with Crippen LogP contribution in [0, 0.1) is 0 Å². The summed E-state index contributed by atoms with van der Waals surface area (Å²) in [6.07, 6.45) is 1.21. The Labute approximate surface area is 118 Å². The zero-order valence-electron chi connectivity index (χ0n) is 11.1. The monoisotopic (exact) mass is 312 g/mol. The van der Waals surface area contributed by atoms with Gasteiger partial charge in [-0.2, -0.15) is 0 Å². The predicted octanol–water partition coefficient (Wildman–Crippen LogP) is 2.64. The van der Waals surface area contributed by atoms with Gasteiger partial charge in [0.15, 0.2) is 0 Å². The fourth-order valence-electron chi connectivity index (χ4n) is 2.38. The lowest BCUT2D eigenvalue weighted by atomic mass is 10.2. The van der Waals surface area contributed by atoms with Crippen LogP contribution < -0.4 is 10.1 Å². The second-order valence-corrected chi connectivity index (χ2v) is 5.76. The van der Waals surface area contributed by atoms with Gasteiger partial charge in [0.1, 0.15) is 5.75 Å². The van der Waals surface area contributed by atoms with E-state index in [1.54, 1.807) is 7.11 Å². The molecule has 1 aromatic rings. The SMILES string of the molecule is COc1ccc(Br)c(CN2CCCNC(C)C2)c1. The van der Waals surface area contributed by atoms with Crippen molar-refractivity contribution >= 4 is 15.9 Å². The molecule has 0 spiro atoms. The van der Waals surface area contributed by atoms with Crippen molar-refractivity contribution in [2.45, 2.75) is 25.9 Å². The van der Waals surface area contributed by atoms with Crippen molar-refractivity contribution in [3.63, 3.8) is 0 Å². The molecule has 0 aliphatic carbocycles. The zero-order chi connectivity index (χ0) is 13.0. The summed E-state index contributed by atoms with van der Waals surface area (Å²) in [6.45, 7) is 6.60. The lowest BCUT2D eigenvalue weighted by molar-refractivity contribution is 0.264. The molecule has 1 aromatic carbocycles. The molecule has 0 bridgehead atoms. The lowest BCUT2D eigenvalue weighted by Crippen LogP contribution is -2.35. The Kier molecular flexibility index (Phi) is 5.03. The standard InChI is InChI=1S/C14H21BrN2O/c1-11-9-17(7-3-6-16-11)10-12-8-13(18-2)4-5-14(12)15/h4-5,8,11,16H,3,6-7,9-10H2,1-2H3. The van der Waals surface area contributed by atoms with E-state index in [1.165, 1.54) is 12.0 Å². The number of halogens is 1. The van der Waals surface area contributed by atoms with Crippen LogP contribution in [0.3, 0.4) is 0 Å². The first-order valence-electron chi connectivity index (χ1n) is 6.47. The van der Waals surface area contributed by atoms with Crippen LogP contribution in [0.1, 0.15) is 18.9 Å². The topological polar surface area (TPSA) is 24.5 Å². The first-order chi connectivity index (χ1) is 8.69. The van der Waals surface area contributed by atoms with Crippen LogP contribution in [-0.4, -0.2) is 37.7 Å². The average molecular weight is 313 g/mol. The number of hydrogen-bond acceptors (Lipinski definition) is 3. The number of methoxy groups -OCH3 is 1. The quantitative estimate of drug-likeness (QED) is 0.928. The molecule has 0 radical (unpaired) electrons. The highest BCUT2D eigenvalue weighted by atomic mass is 79.9. The molecule has 100 valence electrons. The Balaban J connectivity index is 2.07. The molecule has 1 heterocycles. The van der Waals surface area contributed by atoms with Gasteiger partial charge in [0.2, 0.25) is 0 Å². The summed E-state index contributed by atoms with van der Waals surface area (Å²) in [6, 6.07) is 6.73. The summed E-state index contributed by atoms with van der Waals surface area (Å²) in [5.41, 5.74) is 1.29. The van der Waals surface area contributed by atoms with Gasteiger partial charge in [-0.3, -0.25) is 4.90 Å². The van der Waals surface area contributed by atoms with Crippen molar-refractivity contribution in [1.82, 2.24) is 10.2 Å². The largest absolute Gasteiger partial charge is 0.497 e. The number of benzene rings is 1. The van der Waals surface area contributed by atoms with E-state index in [0.717, 1.165) is 36.4 Å². The highest BCUT2D eigenvalue weighted by molar-refractivity contribution is 9.10. The maximum absolute atomic E-state index is 5.29. The maximum Gasteiger partial charge on any atom is 0.119 e. The van der Waals surface area contributed by atoms with Crippen LogP contribution in [-0.2, 0) is 6.54 Å². The van der Waals surface area contributed by atoms with Crippen molar-refractivity contribution in [1.29, 1.82) is 0 Å². The Morgan fingerprint density at radius 1 is 1.50 bits per heavy atom. The Hall–Kier alpha value is -0.580. The molecule has 0 aromatic heterocycles. The highest BCUT2D eigenvalue weighted by Gasteiger charge is 2.15. The van der Waals surface area contributed by atoms with Gasteiger partial charge in [0, 0.05) is 23.6 Å². The third-order valence-corrected chi connectivity index (χ3v) is 4.10. The van der Waals surface area contributed by atoms with Gasteiger partial charge in [-0.15, -0.1) is 0 Å². The average Bonchev–Trinajstić information content (AvgIpc) is 2.56. The second kappa shape index (κ2) is 6.55. The summed E-state index contributed by atoms with van der Waals surface area (Å²) in [5, 5.41) is 3.52. The van der Waals surface area contributed by atoms with E-state index >= 15 is 0 Å². The number of rotatable bonds is 3. The second-order valence-electron chi connectivity index (χ2n) is 4.90. The molecule has 1 unspecified atom stereocenters. The fourth-order valence-corrected chi connectivity index (χ4v) is 2.75. The summed E-state index contributed by atoms with van der Waals surface area (Å²) in [4.78, 5) is 2.50. The molecule has 3 nitrogen and oxygen atoms in total. The molecule has 1 aliphatic heterocycles. The molecule has 0 amide bonds. The molecule has 1 N–H and O–H groups in total. The molecule has 4 heteroatoms. The molecule has 1 aliphatic rings. The fraction of sp³-hybridized carbons (Fsp3) is 0.571. The third kappa shape index (κ3) is 3.70. The van der Waals surface area contributed by atoms with Crippen molar-refractivity contribution in [3.8, 4) is 5.75 Å². The molecule has 1 atom stereocenters. The van der Waals surface area contributed by atoms with Gasteiger partial charge in [-0.25, -0.2) is 0 Å². The smallest absolute Gasteiger partial charge is 0.119 e. The van der Waals surface area contributed by atoms with E-state index in [2.05, 4.69) is 45.2 Å². The van der Waals surface area contributed by atoms with Crippen LogP contribution >= 0.6 is 15.9 Å². The van der Waals surface area contributed by atoms with Crippen LogP contribution in [0.4, 0.5) is 0 Å². The Morgan fingerprint density at radius 3 is 3.11 bits per heavy atom. The van der Waals surface area contributed by atoms with Gasteiger partial charge in [-0.05, 0) is 50.2 Å². The zero-order valence-corrected chi connectivity index (χ0v) is 12.7. The highest BCUT2D eigenvalue weighted by Crippen LogP contribution is 2.24. The summed E-state index contributed by atoms with van der Waals surface area (Å²) >= 11 is 3.62. The van der Waals surface area contributed by atoms with Crippen molar-refractivity contribution < 1.29 is 4.74 Å². The first-order valence-corrected chi connectivity index (χ1v) is 7.26. The van der Waals surface area contributed by atoms with E-state index in [0.29, 0.717) is 6.04 Å². The van der Waals surface area contributed by atoms with Crippen LogP contribution in [0.5, 0.6) is 5.75 Å². The summed E-state index contributed by atoms with van der Waals surface area (Å²) in [7, 11) is 1.71. The minimum absolute atomic E-state index is 0.567. The third-order valence-electron chi connectivity index (χ3n) is 3.32. The van der Waals surface area contributed by atoms with E-state index < -0.39 is 0 Å². The van der Waals surface area contributed by atoms with Gasteiger partial charge < -0.3 is 10.1 Å². The Morgan fingerprint density at radius 2 is 2.33 bits per heavy atom. The molecule has 18 heavy (non-hydrogen) atoms. The minimum Gasteiger partial charge on any atom is -0.497 e. The lowest BCUT2D eigenvalue weighted by Gasteiger charge is -2.23. The maximum atomic E-state index is 5.29. The molecule has 1 saturated heterocycles. The first kappa shape index (κ1) is 13.8. The summed E-state index contributed by atoms with van der Waals surface area (Å²) < 4.78 is 6.45. The van der Waals surface area contributed by atoms with Gasteiger partial charge >= 0.3 is 0 Å². The van der Waals surface area contributed by atoms with Crippen molar-refractivity contribution in [3.05, 3.63) is 28.2 Å². The van der Waals surface area contributed by atoms with Crippen LogP contribution in [0.25, 0.3) is 0 Å². The van der Waals surface area contributed by atoms with Crippen LogP contribution in [0.15, 0.2) is 22.7 Å². The van der Waals surface area contributed by atoms with Gasteiger partial charge in [-0.1, -0.05) is 15.9 Å². The van der Waals surface area contributed by atoms with E-state index in [-0.39, 0.29) is 0 Å². The van der Waals surface area contributed by atoms with Gasteiger partial charge in [0.05, 0.1) is 7.11 Å². The van der Waals surface area contributed by atoms with E-state index in [4.69, 9.17) is 4.74 Å². The molecule has 2 rings (SSSR count). The normalized spacial score (nSPS) is 21.6. The van der Waals surface area contributed by atoms with E-state index in [9.17, 15) is 0 Å². The van der Waals surface area contributed by atoms with Gasteiger partial charge in [0.25, 0.3) is 0 Å². The molecule has 0 saturated carbocycles. The number of hydrogen-bond donors (Lipinski definition) is 1. The number of ether oxygens (including phenoxy) is 1.